The number of carbonyl (C=O) groups is 1. The molecule has 0 atom stereocenters. The summed E-state index contributed by atoms with van der Waals surface area (Å²) in [5.74, 6) is -0.715. The van der Waals surface area contributed by atoms with Crippen LogP contribution in [0.15, 0.2) is 0 Å². The fourth-order valence-electron chi connectivity index (χ4n) is 2.06. The molecule has 0 unspecified atom stereocenters. The van der Waals surface area contributed by atoms with Gasteiger partial charge >= 0.3 is 6.18 Å². The van der Waals surface area contributed by atoms with Gasteiger partial charge in [-0.1, -0.05) is 0 Å². The van der Waals surface area contributed by atoms with Crippen LogP contribution in [-0.2, 0) is 4.79 Å². The quantitative estimate of drug-likeness (QED) is 0.680. The number of rotatable bonds is 1. The van der Waals surface area contributed by atoms with Gasteiger partial charge in [0, 0.05) is 26.2 Å². The van der Waals surface area contributed by atoms with Crippen LogP contribution in [0.1, 0.15) is 12.8 Å². The molecule has 6 heteroatoms. The number of carbonyl (C=O) groups excluding carboxylic acids is 1. The first-order chi connectivity index (χ1) is 7.37. The van der Waals surface area contributed by atoms with Gasteiger partial charge in [0.25, 0.3) is 0 Å². The summed E-state index contributed by atoms with van der Waals surface area (Å²) >= 11 is 0. The highest BCUT2D eigenvalue weighted by atomic mass is 19.4. The van der Waals surface area contributed by atoms with Crippen molar-refractivity contribution in [3.05, 3.63) is 0 Å². The van der Waals surface area contributed by atoms with E-state index in [0.29, 0.717) is 26.2 Å². The van der Waals surface area contributed by atoms with Gasteiger partial charge in [0.15, 0.2) is 0 Å². The van der Waals surface area contributed by atoms with Crippen molar-refractivity contribution in [2.75, 3.05) is 33.2 Å². The van der Waals surface area contributed by atoms with Gasteiger partial charge in [0.2, 0.25) is 5.91 Å². The molecule has 1 saturated carbocycles. The van der Waals surface area contributed by atoms with Crippen LogP contribution < -0.4 is 0 Å². The Balaban J connectivity index is 2.03. The van der Waals surface area contributed by atoms with Crippen molar-refractivity contribution < 1.29 is 18.0 Å². The first-order valence-electron chi connectivity index (χ1n) is 5.41. The average Bonchev–Trinajstić information content (AvgIpc) is 2.97. The first kappa shape index (κ1) is 11.7. The number of nitrogens with zero attached hydrogens (tertiary/aromatic N) is 2. The molecule has 1 aliphatic carbocycles. The molecule has 0 spiro atoms. The highest BCUT2D eigenvalue weighted by Crippen LogP contribution is 2.58. The lowest BCUT2D eigenvalue weighted by Gasteiger charge is -2.35. The number of hydrogen-bond acceptors (Lipinski definition) is 2. The zero-order valence-electron chi connectivity index (χ0n) is 9.18. The molecule has 0 aromatic heterocycles. The van der Waals surface area contributed by atoms with E-state index in [4.69, 9.17) is 0 Å². The summed E-state index contributed by atoms with van der Waals surface area (Å²) in [5.41, 5.74) is -2.04. The maximum atomic E-state index is 12.7. The summed E-state index contributed by atoms with van der Waals surface area (Å²) in [7, 11) is 1.90. The van der Waals surface area contributed by atoms with Crippen LogP contribution in [0.5, 0.6) is 0 Å². The minimum Gasteiger partial charge on any atom is -0.339 e. The van der Waals surface area contributed by atoms with Gasteiger partial charge < -0.3 is 9.80 Å². The molecule has 0 aromatic rings. The zero-order chi connectivity index (χ0) is 12.0. The lowest BCUT2D eigenvalue weighted by atomic mass is 10.0. The topological polar surface area (TPSA) is 23.6 Å². The van der Waals surface area contributed by atoms with E-state index in [1.54, 1.807) is 0 Å². The smallest absolute Gasteiger partial charge is 0.339 e. The van der Waals surface area contributed by atoms with Crippen molar-refractivity contribution in [1.29, 1.82) is 0 Å². The Hall–Kier alpha value is -0.780. The maximum absolute atomic E-state index is 12.7. The summed E-state index contributed by atoms with van der Waals surface area (Å²) in [5, 5.41) is 0. The van der Waals surface area contributed by atoms with E-state index in [0.717, 1.165) is 0 Å². The molecular formula is C10H15F3N2O. The molecule has 0 aromatic carbocycles. The number of hydrogen-bond donors (Lipinski definition) is 0. The van der Waals surface area contributed by atoms with Crippen LogP contribution in [0, 0.1) is 5.41 Å². The highest BCUT2D eigenvalue weighted by Gasteiger charge is 2.69. The molecule has 2 aliphatic rings. The molecule has 0 bridgehead atoms. The lowest BCUT2D eigenvalue weighted by Crippen LogP contribution is -2.52. The molecule has 1 amide bonds. The zero-order valence-corrected chi connectivity index (χ0v) is 9.18. The number of likely N-dealkylation sites (N-methyl/N-ethyl adjacent to an activating group) is 1. The first-order valence-corrected chi connectivity index (χ1v) is 5.41. The van der Waals surface area contributed by atoms with E-state index >= 15 is 0 Å². The van der Waals surface area contributed by atoms with E-state index < -0.39 is 17.5 Å². The molecule has 1 aliphatic heterocycles. The summed E-state index contributed by atoms with van der Waals surface area (Å²) in [4.78, 5) is 15.2. The van der Waals surface area contributed by atoms with Crippen LogP contribution in [0.4, 0.5) is 13.2 Å². The third-order valence-electron chi connectivity index (χ3n) is 3.49. The second-order valence-electron chi connectivity index (χ2n) is 4.68. The molecule has 2 fully saturated rings. The van der Waals surface area contributed by atoms with Crippen LogP contribution in [0.25, 0.3) is 0 Å². The fourth-order valence-corrected chi connectivity index (χ4v) is 2.06. The molecule has 1 saturated heterocycles. The largest absolute Gasteiger partial charge is 0.403 e. The average molecular weight is 236 g/mol. The van der Waals surface area contributed by atoms with Crippen molar-refractivity contribution in [3.63, 3.8) is 0 Å². The van der Waals surface area contributed by atoms with Gasteiger partial charge in [-0.05, 0) is 19.9 Å². The molecule has 92 valence electrons. The van der Waals surface area contributed by atoms with Crippen LogP contribution in [0.3, 0.4) is 0 Å². The number of amides is 1. The summed E-state index contributed by atoms with van der Waals surface area (Å²) in [6.45, 7) is 2.12. The summed E-state index contributed by atoms with van der Waals surface area (Å²) in [6, 6.07) is 0. The van der Waals surface area contributed by atoms with Gasteiger partial charge in [0.05, 0.1) is 0 Å². The molecule has 2 rings (SSSR count). The maximum Gasteiger partial charge on any atom is 0.403 e. The minimum atomic E-state index is -4.38. The van der Waals surface area contributed by atoms with Crippen LogP contribution >= 0.6 is 0 Å². The van der Waals surface area contributed by atoms with Crippen molar-refractivity contribution in [1.82, 2.24) is 9.80 Å². The van der Waals surface area contributed by atoms with Gasteiger partial charge in [-0.3, -0.25) is 4.79 Å². The lowest BCUT2D eigenvalue weighted by molar-refractivity contribution is -0.199. The van der Waals surface area contributed by atoms with Crippen LogP contribution in [-0.4, -0.2) is 55.1 Å². The van der Waals surface area contributed by atoms with Crippen molar-refractivity contribution in [2.24, 2.45) is 5.41 Å². The Morgan fingerprint density at radius 3 is 2.00 bits per heavy atom. The van der Waals surface area contributed by atoms with Crippen molar-refractivity contribution in [2.45, 2.75) is 19.0 Å². The third kappa shape index (κ3) is 1.79. The molecular weight excluding hydrogens is 221 g/mol. The number of alkyl halides is 3. The summed E-state index contributed by atoms with van der Waals surface area (Å²) < 4.78 is 38.2. The Morgan fingerprint density at radius 2 is 1.62 bits per heavy atom. The number of piperazine rings is 1. The van der Waals surface area contributed by atoms with E-state index in [2.05, 4.69) is 0 Å². The van der Waals surface area contributed by atoms with E-state index in [1.165, 1.54) is 4.90 Å². The second kappa shape index (κ2) is 3.61. The standard InChI is InChI=1S/C10H15F3N2O/c1-14-4-6-15(7-5-14)8(16)9(2-3-9)10(11,12)13/h2-7H2,1H3. The SMILES string of the molecule is CN1CCN(C(=O)C2(C(F)(F)F)CC2)CC1. The third-order valence-corrected chi connectivity index (χ3v) is 3.49. The van der Waals surface area contributed by atoms with Gasteiger partial charge in [-0.15, -0.1) is 0 Å². The Morgan fingerprint density at radius 1 is 1.12 bits per heavy atom. The van der Waals surface area contributed by atoms with Crippen LogP contribution in [0.2, 0.25) is 0 Å². The Labute approximate surface area is 92.2 Å². The number of halogens is 3. The van der Waals surface area contributed by atoms with E-state index in [-0.39, 0.29) is 12.8 Å². The van der Waals surface area contributed by atoms with Gasteiger partial charge in [-0.2, -0.15) is 13.2 Å². The van der Waals surface area contributed by atoms with Gasteiger partial charge in [-0.25, -0.2) is 0 Å². The second-order valence-corrected chi connectivity index (χ2v) is 4.68. The Kier molecular flexibility index (Phi) is 2.64. The normalized spacial score (nSPS) is 25.6. The molecule has 0 N–H and O–H groups in total. The molecule has 0 radical (unpaired) electrons. The van der Waals surface area contributed by atoms with E-state index in [1.807, 2.05) is 11.9 Å². The molecule has 1 heterocycles. The molecule has 3 nitrogen and oxygen atoms in total. The fraction of sp³-hybridized carbons (Fsp3) is 0.900. The van der Waals surface area contributed by atoms with Crippen molar-refractivity contribution in [3.8, 4) is 0 Å². The predicted molar refractivity (Wildman–Crippen MR) is 51.8 cm³/mol. The highest BCUT2D eigenvalue weighted by molar-refractivity contribution is 5.86. The molecule has 16 heavy (non-hydrogen) atoms. The monoisotopic (exact) mass is 236 g/mol. The minimum absolute atomic E-state index is 0.0400. The van der Waals surface area contributed by atoms with Gasteiger partial charge in [0.1, 0.15) is 5.41 Å². The Bertz CT molecular complexity index is 291. The van der Waals surface area contributed by atoms with E-state index in [9.17, 15) is 18.0 Å². The van der Waals surface area contributed by atoms with Crippen molar-refractivity contribution >= 4 is 5.91 Å². The predicted octanol–water partition coefficient (Wildman–Crippen LogP) is 1.10. The summed E-state index contributed by atoms with van der Waals surface area (Å²) in [6.07, 6.45) is -4.46.